The van der Waals surface area contributed by atoms with E-state index in [0.717, 1.165) is 52.1 Å². The van der Waals surface area contributed by atoms with E-state index >= 15 is 0 Å². The summed E-state index contributed by atoms with van der Waals surface area (Å²) in [7, 11) is 0. The first-order valence-corrected chi connectivity index (χ1v) is 30.1. The molecule has 0 amide bonds. The Morgan fingerprint density at radius 2 is 0.756 bits per heavy atom. The van der Waals surface area contributed by atoms with Crippen molar-refractivity contribution in [1.82, 2.24) is 0 Å². The first-order valence-electron chi connectivity index (χ1n) is 30.1. The predicted molar refractivity (Wildman–Crippen MR) is 340 cm³/mol. The van der Waals surface area contributed by atoms with E-state index in [-0.39, 0.29) is 5.41 Å². The van der Waals surface area contributed by atoms with Gasteiger partial charge in [-0.05, 0) is 230 Å². The lowest BCUT2D eigenvalue weighted by molar-refractivity contribution is -0.00277. The number of nitrogens with zero attached hydrogens (tertiary/aromatic N) is 2. The van der Waals surface area contributed by atoms with Gasteiger partial charge < -0.3 is 9.80 Å². The third kappa shape index (κ3) is 7.06. The molecule has 7 aliphatic rings. The van der Waals surface area contributed by atoms with E-state index in [4.69, 9.17) is 0 Å². The van der Waals surface area contributed by atoms with Crippen LogP contribution in [0.15, 0.2) is 261 Å². The number of benzene rings is 11. The molecule has 2 heteroatoms. The van der Waals surface area contributed by atoms with Gasteiger partial charge in [0.05, 0.1) is 11.1 Å². The monoisotopic (exact) mass is 1050 g/mol. The summed E-state index contributed by atoms with van der Waals surface area (Å²) in [5, 5.41) is 0. The molecule has 11 aromatic carbocycles. The van der Waals surface area contributed by atoms with Crippen LogP contribution < -0.4 is 9.80 Å². The Bertz CT molecular complexity index is 4280. The molecule has 82 heavy (non-hydrogen) atoms. The van der Waals surface area contributed by atoms with Crippen molar-refractivity contribution in [2.24, 2.45) is 23.7 Å². The minimum atomic E-state index is -0.666. The van der Waals surface area contributed by atoms with Crippen molar-refractivity contribution in [3.05, 3.63) is 300 Å². The van der Waals surface area contributed by atoms with Crippen molar-refractivity contribution in [1.29, 1.82) is 0 Å². The van der Waals surface area contributed by atoms with Crippen molar-refractivity contribution in [3.8, 4) is 55.6 Å². The average Bonchev–Trinajstić information content (AvgIpc) is 2.10. The first kappa shape index (κ1) is 47.8. The van der Waals surface area contributed by atoms with E-state index in [2.05, 4.69) is 285 Å². The topological polar surface area (TPSA) is 6.48 Å². The Balaban J connectivity index is 0.909. The standard InChI is InChI=1S/C80H64N2/c1-79(2)71-29-17-15-27-64(71)69-47-62(37-40-72(69)79)82(60-25-13-6-14-26-60)77-50-76-70(49-67(77)54-21-9-4-10-22-54)65-28-16-18-30-73(65)80(76)74-39-33-56(53-19-7-3-8-20-53)46-68(74)66-38-36-63(48-75(66)80)81(59-23-11-5-12-24-59)61-34-31-55(32-35-61)78-57-42-51-41-52(44-57)45-58(78)43-51/h3-40,46-52,57-58,78H,41-45H2,1-2H3. The predicted octanol–water partition coefficient (Wildman–Crippen LogP) is 21.1. The van der Waals surface area contributed by atoms with E-state index < -0.39 is 5.41 Å². The molecule has 18 rings (SSSR count). The zero-order valence-corrected chi connectivity index (χ0v) is 46.6. The highest BCUT2D eigenvalue weighted by Crippen LogP contribution is 2.66. The zero-order valence-electron chi connectivity index (χ0n) is 46.6. The Morgan fingerprint density at radius 1 is 0.293 bits per heavy atom. The summed E-state index contributed by atoms with van der Waals surface area (Å²) < 4.78 is 0. The van der Waals surface area contributed by atoms with Crippen LogP contribution in [0.3, 0.4) is 0 Å². The second-order valence-electron chi connectivity index (χ2n) is 25.2. The van der Waals surface area contributed by atoms with Crippen LogP contribution in [-0.2, 0) is 10.8 Å². The van der Waals surface area contributed by atoms with Gasteiger partial charge in [0.1, 0.15) is 0 Å². The Labute approximate surface area is 483 Å². The molecule has 1 spiro atoms. The molecule has 0 radical (unpaired) electrons. The van der Waals surface area contributed by atoms with Gasteiger partial charge in [-0.25, -0.2) is 0 Å². The lowest BCUT2D eigenvalue weighted by Crippen LogP contribution is -2.43. The summed E-state index contributed by atoms with van der Waals surface area (Å²) in [5.41, 5.74) is 28.2. The summed E-state index contributed by atoms with van der Waals surface area (Å²) in [4.78, 5) is 5.06. The van der Waals surface area contributed by atoms with Crippen LogP contribution in [0.4, 0.5) is 34.1 Å². The second kappa shape index (κ2) is 18.3. The number of anilines is 6. The summed E-state index contributed by atoms with van der Waals surface area (Å²) in [5.74, 6) is 4.28. The van der Waals surface area contributed by atoms with E-state index in [1.807, 2.05) is 0 Å². The largest absolute Gasteiger partial charge is 0.310 e. The number of rotatable bonds is 9. The highest BCUT2D eigenvalue weighted by Gasteiger charge is 2.53. The van der Waals surface area contributed by atoms with Crippen molar-refractivity contribution >= 4 is 34.1 Å². The number of hydrogen-bond donors (Lipinski definition) is 0. The first-order chi connectivity index (χ1) is 40.4. The maximum atomic E-state index is 2.60. The highest BCUT2D eigenvalue weighted by atomic mass is 15.2. The molecule has 4 fully saturated rings. The minimum absolute atomic E-state index is 0.112. The number of fused-ring (bicyclic) bond motifs is 13. The summed E-state index contributed by atoms with van der Waals surface area (Å²) in [6.07, 6.45) is 7.18. The molecule has 0 saturated heterocycles. The van der Waals surface area contributed by atoms with E-state index in [1.165, 1.54) is 127 Å². The Hall–Kier alpha value is -8.98. The lowest BCUT2D eigenvalue weighted by atomic mass is 9.51. The van der Waals surface area contributed by atoms with Crippen LogP contribution in [0.1, 0.15) is 90.8 Å². The maximum Gasteiger partial charge on any atom is 0.0727 e. The smallest absolute Gasteiger partial charge is 0.0727 e. The molecule has 0 heterocycles. The summed E-state index contributed by atoms with van der Waals surface area (Å²) >= 11 is 0. The quantitative estimate of drug-likeness (QED) is 0.142. The van der Waals surface area contributed by atoms with E-state index in [1.54, 1.807) is 5.56 Å². The van der Waals surface area contributed by atoms with Crippen LogP contribution >= 0.6 is 0 Å². The molecular formula is C80H64N2. The third-order valence-corrected chi connectivity index (χ3v) is 20.6. The van der Waals surface area contributed by atoms with Crippen LogP contribution in [0.25, 0.3) is 55.6 Å². The van der Waals surface area contributed by atoms with Gasteiger partial charge in [-0.15, -0.1) is 0 Å². The van der Waals surface area contributed by atoms with Gasteiger partial charge in [-0.1, -0.05) is 196 Å². The van der Waals surface area contributed by atoms with Crippen molar-refractivity contribution in [2.45, 2.75) is 62.7 Å². The number of para-hydroxylation sites is 2. The minimum Gasteiger partial charge on any atom is -0.310 e. The fourth-order valence-corrected chi connectivity index (χ4v) is 17.4. The van der Waals surface area contributed by atoms with Crippen LogP contribution in [0.2, 0.25) is 0 Å². The summed E-state index contributed by atoms with van der Waals surface area (Å²) in [6, 6.07) is 99.5. The maximum absolute atomic E-state index is 2.60. The zero-order chi connectivity index (χ0) is 54.3. The van der Waals surface area contributed by atoms with Gasteiger partial charge in [0.2, 0.25) is 0 Å². The fourth-order valence-electron chi connectivity index (χ4n) is 17.4. The molecule has 1 unspecified atom stereocenters. The molecule has 0 N–H and O–H groups in total. The van der Waals surface area contributed by atoms with Crippen molar-refractivity contribution in [3.63, 3.8) is 0 Å². The van der Waals surface area contributed by atoms with Gasteiger partial charge in [0, 0.05) is 39.4 Å². The van der Waals surface area contributed by atoms with Gasteiger partial charge in [0.15, 0.2) is 0 Å². The normalized spacial score (nSPS) is 21.3. The molecule has 0 aromatic heterocycles. The highest BCUT2D eigenvalue weighted by molar-refractivity contribution is 6.02. The van der Waals surface area contributed by atoms with E-state index in [9.17, 15) is 0 Å². The third-order valence-electron chi connectivity index (χ3n) is 20.6. The van der Waals surface area contributed by atoms with Crippen LogP contribution in [0, 0.1) is 23.7 Å². The molecule has 394 valence electrons. The molecule has 4 bridgehead atoms. The lowest BCUT2D eigenvalue weighted by Gasteiger charge is -2.54. The molecule has 11 aromatic rings. The van der Waals surface area contributed by atoms with Crippen molar-refractivity contribution < 1.29 is 0 Å². The fraction of sp³-hybridized carbons (Fsp3) is 0.175. The Kier molecular flexibility index (Phi) is 10.6. The molecule has 7 aliphatic carbocycles. The molecule has 2 nitrogen and oxygen atoms in total. The van der Waals surface area contributed by atoms with Gasteiger partial charge in [-0.3, -0.25) is 0 Å². The summed E-state index contributed by atoms with van der Waals surface area (Å²) in [6.45, 7) is 4.75. The molecule has 1 atom stereocenters. The van der Waals surface area contributed by atoms with E-state index in [0.29, 0.717) is 5.92 Å². The van der Waals surface area contributed by atoms with Gasteiger partial charge >= 0.3 is 0 Å². The molecule has 4 saturated carbocycles. The average molecular weight is 1050 g/mol. The molecule has 0 aliphatic heterocycles. The number of hydrogen-bond acceptors (Lipinski definition) is 2. The molecular weight excluding hydrogens is 989 g/mol. The van der Waals surface area contributed by atoms with Gasteiger partial charge in [0.25, 0.3) is 0 Å². The van der Waals surface area contributed by atoms with Gasteiger partial charge in [-0.2, -0.15) is 0 Å². The van der Waals surface area contributed by atoms with Crippen molar-refractivity contribution in [2.75, 3.05) is 9.80 Å². The van der Waals surface area contributed by atoms with Crippen LogP contribution in [0.5, 0.6) is 0 Å². The SMILES string of the molecule is CC1(C)c2ccccc2-c2cc(N(c3ccccc3)c3cc4c(cc3-c3ccccc3)-c3ccccc3C43c4ccc(-c5ccccc5)cc4-c4ccc(N(c5ccccc5)c5ccc(C6C7CC8CC(C7)CC6C8)cc5)cc43)ccc21. The Morgan fingerprint density at radius 3 is 1.44 bits per heavy atom. The second-order valence-corrected chi connectivity index (χ2v) is 25.2. The van der Waals surface area contributed by atoms with Crippen LogP contribution in [-0.4, -0.2) is 0 Å².